The molecule has 1 aliphatic heterocycles. The lowest BCUT2D eigenvalue weighted by molar-refractivity contribution is -0.122. The molecule has 2 heterocycles. The molecule has 0 radical (unpaired) electrons. The zero-order valence-electron chi connectivity index (χ0n) is 15.1. The Morgan fingerprint density at radius 3 is 2.71 bits per heavy atom. The van der Waals surface area contributed by atoms with Crippen LogP contribution in [0.5, 0.6) is 11.5 Å². The average Bonchev–Trinajstić information content (AvgIpc) is 2.66. The van der Waals surface area contributed by atoms with Gasteiger partial charge in [0.1, 0.15) is 5.57 Å². The molecule has 0 unspecified atom stereocenters. The van der Waals surface area contributed by atoms with Crippen molar-refractivity contribution < 1.29 is 23.9 Å². The number of hydrogen-bond donors (Lipinski definition) is 1. The molecule has 2 aromatic rings. The van der Waals surface area contributed by atoms with Crippen LogP contribution in [0.3, 0.4) is 0 Å². The first-order chi connectivity index (χ1) is 13.5. The van der Waals surface area contributed by atoms with Crippen molar-refractivity contribution in [1.29, 1.82) is 0 Å². The smallest absolute Gasteiger partial charge is 0.336 e. The third kappa shape index (κ3) is 3.74. The van der Waals surface area contributed by atoms with Crippen molar-refractivity contribution >= 4 is 45.5 Å². The highest BCUT2D eigenvalue weighted by molar-refractivity contribution is 9.10. The number of barbiturate groups is 1. The van der Waals surface area contributed by atoms with E-state index in [0.717, 1.165) is 4.90 Å². The van der Waals surface area contributed by atoms with E-state index >= 15 is 0 Å². The number of nitrogens with zero attached hydrogens (tertiary/aromatic N) is 2. The normalized spacial score (nSPS) is 15.6. The summed E-state index contributed by atoms with van der Waals surface area (Å²) in [6.45, 7) is 2.24. The lowest BCUT2D eigenvalue weighted by Gasteiger charge is -2.26. The number of carbonyl (C=O) groups is 3. The maximum absolute atomic E-state index is 12.9. The van der Waals surface area contributed by atoms with Crippen LogP contribution in [0.1, 0.15) is 12.5 Å². The van der Waals surface area contributed by atoms with E-state index in [4.69, 9.17) is 9.47 Å². The summed E-state index contributed by atoms with van der Waals surface area (Å²) in [7, 11) is 1.51. The van der Waals surface area contributed by atoms with E-state index in [9.17, 15) is 14.4 Å². The largest absolute Gasteiger partial charge is 0.492 e. The van der Waals surface area contributed by atoms with Gasteiger partial charge in [-0.3, -0.25) is 19.9 Å². The fourth-order valence-corrected chi connectivity index (χ4v) is 3.30. The van der Waals surface area contributed by atoms with E-state index in [2.05, 4.69) is 26.2 Å². The van der Waals surface area contributed by atoms with Crippen molar-refractivity contribution in [2.24, 2.45) is 0 Å². The number of hydrogen-bond acceptors (Lipinski definition) is 6. The van der Waals surface area contributed by atoms with Crippen LogP contribution in [0.2, 0.25) is 0 Å². The highest BCUT2D eigenvalue weighted by Crippen LogP contribution is 2.37. The van der Waals surface area contributed by atoms with Crippen molar-refractivity contribution in [3.8, 4) is 11.5 Å². The number of imide groups is 2. The van der Waals surface area contributed by atoms with E-state index in [1.807, 2.05) is 6.92 Å². The van der Waals surface area contributed by atoms with Gasteiger partial charge in [0.15, 0.2) is 11.5 Å². The van der Waals surface area contributed by atoms with Gasteiger partial charge in [0.2, 0.25) is 0 Å². The van der Waals surface area contributed by atoms with Gasteiger partial charge in [-0.15, -0.1) is 0 Å². The van der Waals surface area contributed by atoms with E-state index in [1.165, 1.54) is 25.6 Å². The Bertz CT molecular complexity index is 975. The number of urea groups is 1. The Hall–Kier alpha value is -3.20. The fourth-order valence-electron chi connectivity index (χ4n) is 2.68. The summed E-state index contributed by atoms with van der Waals surface area (Å²) >= 11 is 3.39. The molecule has 0 spiro atoms. The van der Waals surface area contributed by atoms with E-state index in [0.29, 0.717) is 28.1 Å². The van der Waals surface area contributed by atoms with Crippen LogP contribution < -0.4 is 19.7 Å². The minimum absolute atomic E-state index is 0.192. The van der Waals surface area contributed by atoms with Gasteiger partial charge >= 0.3 is 6.03 Å². The number of ether oxygens (including phenoxy) is 2. The first-order valence-corrected chi connectivity index (χ1v) is 9.07. The predicted octanol–water partition coefficient (Wildman–Crippen LogP) is 2.92. The Balaban J connectivity index is 2.04. The number of anilines is 1. The minimum atomic E-state index is -0.828. The van der Waals surface area contributed by atoms with Gasteiger partial charge in [-0.05, 0) is 58.8 Å². The molecule has 4 amide bonds. The van der Waals surface area contributed by atoms with Crippen molar-refractivity contribution in [3.63, 3.8) is 0 Å². The second-order valence-electron chi connectivity index (χ2n) is 5.64. The molecule has 1 fully saturated rings. The lowest BCUT2D eigenvalue weighted by atomic mass is 10.1. The number of aromatic nitrogens is 1. The molecule has 3 rings (SSSR count). The maximum atomic E-state index is 12.9. The van der Waals surface area contributed by atoms with Gasteiger partial charge in [0, 0.05) is 6.20 Å². The van der Waals surface area contributed by atoms with Gasteiger partial charge < -0.3 is 9.47 Å². The Labute approximate surface area is 169 Å². The van der Waals surface area contributed by atoms with Crippen molar-refractivity contribution in [2.45, 2.75) is 6.92 Å². The standard InChI is InChI=1S/C19H16BrN3O5/c1-3-28-15-9-11(8-14(20)16(15)27-2)7-13-17(24)22-19(26)23(18(13)25)12-5-4-6-21-10-12/h4-10H,3H2,1-2H3,(H,22,24,26)/b13-7+. The lowest BCUT2D eigenvalue weighted by Crippen LogP contribution is -2.54. The van der Waals surface area contributed by atoms with E-state index in [-0.39, 0.29) is 11.3 Å². The SMILES string of the molecule is CCOc1cc(/C=C2\C(=O)NC(=O)N(c3cccnc3)C2=O)cc(Br)c1OC. The summed E-state index contributed by atoms with van der Waals surface area (Å²) in [4.78, 5) is 42.1. The summed E-state index contributed by atoms with van der Waals surface area (Å²) in [5, 5.41) is 2.17. The Kier molecular flexibility index (Phi) is 5.74. The van der Waals surface area contributed by atoms with E-state index < -0.39 is 17.8 Å². The van der Waals surface area contributed by atoms with Crippen LogP contribution in [0.15, 0.2) is 46.7 Å². The molecular weight excluding hydrogens is 430 g/mol. The molecule has 28 heavy (non-hydrogen) atoms. The molecule has 8 nitrogen and oxygen atoms in total. The van der Waals surface area contributed by atoms with Crippen LogP contribution >= 0.6 is 15.9 Å². The number of benzene rings is 1. The van der Waals surface area contributed by atoms with Gasteiger partial charge in [-0.25, -0.2) is 9.69 Å². The minimum Gasteiger partial charge on any atom is -0.492 e. The maximum Gasteiger partial charge on any atom is 0.336 e. The van der Waals surface area contributed by atoms with Crippen molar-refractivity contribution in [3.05, 3.63) is 52.3 Å². The number of halogens is 1. The Morgan fingerprint density at radius 2 is 2.07 bits per heavy atom. The molecule has 0 bridgehead atoms. The first-order valence-electron chi connectivity index (χ1n) is 8.28. The predicted molar refractivity (Wildman–Crippen MR) is 105 cm³/mol. The molecule has 1 saturated heterocycles. The number of rotatable bonds is 5. The van der Waals surface area contributed by atoms with Crippen LogP contribution in [-0.2, 0) is 9.59 Å². The molecular formula is C19H16BrN3O5. The summed E-state index contributed by atoms with van der Waals surface area (Å²) in [6, 6.07) is 5.64. The molecule has 0 aliphatic carbocycles. The number of methoxy groups -OCH3 is 1. The van der Waals surface area contributed by atoms with Gasteiger partial charge in [0.05, 0.1) is 30.1 Å². The van der Waals surface area contributed by atoms with Crippen LogP contribution in [0.4, 0.5) is 10.5 Å². The summed E-state index contributed by atoms with van der Waals surface area (Å²) < 4.78 is 11.5. The molecule has 144 valence electrons. The van der Waals surface area contributed by atoms with Crippen molar-refractivity contribution in [1.82, 2.24) is 10.3 Å². The third-order valence-corrected chi connectivity index (χ3v) is 4.44. The van der Waals surface area contributed by atoms with Gasteiger partial charge in [0.25, 0.3) is 11.8 Å². The second-order valence-corrected chi connectivity index (χ2v) is 6.49. The fraction of sp³-hybridized carbons (Fsp3) is 0.158. The Morgan fingerprint density at radius 1 is 1.29 bits per heavy atom. The highest BCUT2D eigenvalue weighted by atomic mass is 79.9. The number of carbonyl (C=O) groups excluding carboxylic acids is 3. The summed E-state index contributed by atoms with van der Waals surface area (Å²) in [5.74, 6) is -0.572. The zero-order valence-corrected chi connectivity index (χ0v) is 16.6. The highest BCUT2D eigenvalue weighted by Gasteiger charge is 2.37. The molecule has 1 aliphatic rings. The third-order valence-electron chi connectivity index (χ3n) is 3.85. The molecule has 1 aromatic heterocycles. The number of nitrogens with one attached hydrogen (secondary N) is 1. The zero-order chi connectivity index (χ0) is 20.3. The molecule has 0 saturated carbocycles. The number of pyridine rings is 1. The van der Waals surface area contributed by atoms with Crippen LogP contribution in [0.25, 0.3) is 6.08 Å². The quantitative estimate of drug-likeness (QED) is 0.561. The topological polar surface area (TPSA) is 97.8 Å². The average molecular weight is 446 g/mol. The van der Waals surface area contributed by atoms with Crippen LogP contribution in [-0.4, -0.2) is 36.5 Å². The number of amides is 4. The second kappa shape index (κ2) is 8.22. The van der Waals surface area contributed by atoms with Gasteiger partial charge in [-0.1, -0.05) is 0 Å². The summed E-state index contributed by atoms with van der Waals surface area (Å²) in [6.07, 6.45) is 4.27. The molecule has 0 atom stereocenters. The molecule has 1 N–H and O–H groups in total. The molecule has 1 aromatic carbocycles. The van der Waals surface area contributed by atoms with Crippen LogP contribution in [0, 0.1) is 0 Å². The van der Waals surface area contributed by atoms with Crippen molar-refractivity contribution in [2.75, 3.05) is 18.6 Å². The molecule has 9 heteroatoms. The summed E-state index contributed by atoms with van der Waals surface area (Å²) in [5.41, 5.74) is 0.590. The van der Waals surface area contributed by atoms with Gasteiger partial charge in [-0.2, -0.15) is 0 Å². The monoisotopic (exact) mass is 445 g/mol. The van der Waals surface area contributed by atoms with E-state index in [1.54, 1.807) is 24.3 Å². The first kappa shape index (κ1) is 19.6.